The van der Waals surface area contributed by atoms with Crippen LogP contribution in [0.15, 0.2) is 30.5 Å². The third-order valence-corrected chi connectivity index (χ3v) is 2.88. The second kappa shape index (κ2) is 4.06. The van der Waals surface area contributed by atoms with Crippen LogP contribution in [-0.4, -0.2) is 21.6 Å². The topological polar surface area (TPSA) is 60.9 Å². The lowest BCUT2D eigenvalue weighted by atomic mass is 10.1. The summed E-state index contributed by atoms with van der Waals surface area (Å²) in [7, 11) is 0. The maximum atomic E-state index is 11.3. The van der Waals surface area contributed by atoms with Gasteiger partial charge in [0.25, 0.3) is 0 Å². The number of aromatic nitrogens is 2. The molecule has 0 radical (unpaired) electrons. The Labute approximate surface area is 94.0 Å². The third kappa shape index (κ3) is 1.72. The summed E-state index contributed by atoms with van der Waals surface area (Å²) in [6.45, 7) is 3.42. The van der Waals surface area contributed by atoms with Crippen molar-refractivity contribution in [2.24, 2.45) is 5.73 Å². The van der Waals surface area contributed by atoms with E-state index in [9.17, 15) is 4.79 Å². The number of para-hydroxylation sites is 1. The van der Waals surface area contributed by atoms with Crippen molar-refractivity contribution in [1.29, 1.82) is 0 Å². The summed E-state index contributed by atoms with van der Waals surface area (Å²) < 4.78 is 1.81. The first-order chi connectivity index (χ1) is 7.61. The molecule has 2 N–H and O–H groups in total. The molecule has 0 spiro atoms. The number of Topliss-reactive ketones (excluding diaryl/α,β-unsaturated/α-hetero) is 1. The van der Waals surface area contributed by atoms with Crippen molar-refractivity contribution in [1.82, 2.24) is 9.78 Å². The van der Waals surface area contributed by atoms with Crippen molar-refractivity contribution < 1.29 is 4.79 Å². The molecular formula is C12H15N3O. The first-order valence-electron chi connectivity index (χ1n) is 5.29. The van der Waals surface area contributed by atoms with Crippen molar-refractivity contribution in [3.63, 3.8) is 0 Å². The zero-order valence-corrected chi connectivity index (χ0v) is 9.42. The van der Waals surface area contributed by atoms with Crippen LogP contribution in [0.5, 0.6) is 0 Å². The van der Waals surface area contributed by atoms with Gasteiger partial charge in [-0.25, -0.2) is 0 Å². The second-order valence-corrected chi connectivity index (χ2v) is 4.02. The number of carbonyl (C=O) groups is 1. The Morgan fingerprint density at radius 3 is 2.81 bits per heavy atom. The van der Waals surface area contributed by atoms with E-state index in [4.69, 9.17) is 5.73 Å². The molecule has 4 nitrogen and oxygen atoms in total. The average molecular weight is 217 g/mol. The number of ketones is 1. The molecule has 2 rings (SSSR count). The molecule has 0 aliphatic carbocycles. The highest BCUT2D eigenvalue weighted by Gasteiger charge is 2.20. The van der Waals surface area contributed by atoms with Crippen molar-refractivity contribution in [2.45, 2.75) is 25.9 Å². The van der Waals surface area contributed by atoms with E-state index in [1.807, 2.05) is 31.2 Å². The fourth-order valence-corrected chi connectivity index (χ4v) is 1.81. The van der Waals surface area contributed by atoms with Crippen molar-refractivity contribution >= 4 is 16.7 Å². The monoisotopic (exact) mass is 217 g/mol. The molecule has 4 heteroatoms. The van der Waals surface area contributed by atoms with Gasteiger partial charge in [-0.15, -0.1) is 0 Å². The molecule has 1 aromatic carbocycles. The molecule has 16 heavy (non-hydrogen) atoms. The summed E-state index contributed by atoms with van der Waals surface area (Å²) in [4.78, 5) is 11.3. The van der Waals surface area contributed by atoms with Crippen LogP contribution in [0.3, 0.4) is 0 Å². The zero-order valence-electron chi connectivity index (χ0n) is 9.42. The minimum Gasteiger partial charge on any atom is -0.320 e. The molecule has 0 aliphatic heterocycles. The van der Waals surface area contributed by atoms with Gasteiger partial charge in [-0.1, -0.05) is 18.2 Å². The van der Waals surface area contributed by atoms with Crippen LogP contribution < -0.4 is 5.73 Å². The summed E-state index contributed by atoms with van der Waals surface area (Å²) in [5, 5.41) is 5.34. The van der Waals surface area contributed by atoms with Crippen molar-refractivity contribution in [2.75, 3.05) is 0 Å². The predicted octanol–water partition coefficient (Wildman–Crippen LogP) is 1.51. The van der Waals surface area contributed by atoms with E-state index in [1.54, 1.807) is 10.9 Å². The predicted molar refractivity (Wildman–Crippen MR) is 63.1 cm³/mol. The van der Waals surface area contributed by atoms with Crippen molar-refractivity contribution in [3.05, 3.63) is 30.5 Å². The Kier molecular flexibility index (Phi) is 2.75. The van der Waals surface area contributed by atoms with Gasteiger partial charge in [0.15, 0.2) is 0 Å². The molecule has 84 valence electrons. The van der Waals surface area contributed by atoms with E-state index in [0.29, 0.717) is 0 Å². The lowest BCUT2D eigenvalue weighted by Gasteiger charge is -2.18. The van der Waals surface area contributed by atoms with Crippen LogP contribution in [-0.2, 0) is 4.79 Å². The molecule has 1 heterocycles. The number of hydrogen-bond donors (Lipinski definition) is 1. The minimum absolute atomic E-state index is 0.0212. The summed E-state index contributed by atoms with van der Waals surface area (Å²) in [6, 6.07) is 7.24. The Morgan fingerprint density at radius 1 is 1.44 bits per heavy atom. The van der Waals surface area contributed by atoms with Gasteiger partial charge in [-0.05, 0) is 19.9 Å². The summed E-state index contributed by atoms with van der Waals surface area (Å²) in [6.07, 6.45) is 1.79. The zero-order chi connectivity index (χ0) is 11.7. The molecule has 0 saturated heterocycles. The molecule has 2 atom stereocenters. The van der Waals surface area contributed by atoms with Gasteiger partial charge in [0.1, 0.15) is 5.78 Å². The average Bonchev–Trinajstić information content (AvgIpc) is 2.70. The number of benzene rings is 1. The smallest absolute Gasteiger partial charge is 0.148 e. The van der Waals surface area contributed by atoms with E-state index in [0.717, 1.165) is 10.9 Å². The number of rotatable bonds is 3. The van der Waals surface area contributed by atoms with Gasteiger partial charge in [-0.2, -0.15) is 5.10 Å². The Balaban J connectivity index is 2.44. The summed E-state index contributed by atoms with van der Waals surface area (Å²) >= 11 is 0. The number of nitrogens with zero attached hydrogens (tertiary/aromatic N) is 2. The van der Waals surface area contributed by atoms with Crippen LogP contribution in [0.2, 0.25) is 0 Å². The minimum atomic E-state index is -0.511. The van der Waals surface area contributed by atoms with Crippen LogP contribution >= 0.6 is 0 Å². The fourth-order valence-electron chi connectivity index (χ4n) is 1.81. The van der Waals surface area contributed by atoms with Gasteiger partial charge < -0.3 is 5.73 Å². The highest BCUT2D eigenvalue weighted by Crippen LogP contribution is 2.19. The molecule has 0 amide bonds. The van der Waals surface area contributed by atoms with E-state index >= 15 is 0 Å². The normalized spacial score (nSPS) is 14.9. The lowest BCUT2D eigenvalue weighted by Crippen LogP contribution is -2.37. The van der Waals surface area contributed by atoms with Crippen LogP contribution in [0.4, 0.5) is 0 Å². The standard InChI is InChI=1S/C12H15N3O/c1-8(12(13)9(2)16)15-11-6-4-3-5-10(11)7-14-15/h3-8,12H,13H2,1-2H3/t8-,12+/m1/s1. The molecule has 0 unspecified atom stereocenters. The van der Waals surface area contributed by atoms with Crippen LogP contribution in [0, 0.1) is 0 Å². The molecule has 0 saturated carbocycles. The quantitative estimate of drug-likeness (QED) is 0.847. The first kappa shape index (κ1) is 10.8. The van der Waals surface area contributed by atoms with E-state index in [-0.39, 0.29) is 11.8 Å². The second-order valence-electron chi connectivity index (χ2n) is 4.02. The number of carbonyl (C=O) groups excluding carboxylic acids is 1. The molecule has 0 fully saturated rings. The summed E-state index contributed by atoms with van der Waals surface area (Å²) in [5.41, 5.74) is 6.84. The third-order valence-electron chi connectivity index (χ3n) is 2.88. The Morgan fingerprint density at radius 2 is 2.12 bits per heavy atom. The number of fused-ring (bicyclic) bond motifs is 1. The Hall–Kier alpha value is -1.68. The van der Waals surface area contributed by atoms with Crippen LogP contribution in [0.25, 0.3) is 10.9 Å². The van der Waals surface area contributed by atoms with Gasteiger partial charge >= 0.3 is 0 Å². The SMILES string of the molecule is CC(=O)[C@@H](N)[C@@H](C)n1ncc2ccccc21. The molecule has 0 aliphatic rings. The number of nitrogens with two attached hydrogens (primary N) is 1. The lowest BCUT2D eigenvalue weighted by molar-refractivity contribution is -0.119. The maximum absolute atomic E-state index is 11.3. The van der Waals surface area contributed by atoms with Crippen molar-refractivity contribution in [3.8, 4) is 0 Å². The molecule has 2 aromatic rings. The molecule has 0 bridgehead atoms. The summed E-state index contributed by atoms with van der Waals surface area (Å²) in [5.74, 6) is -0.0212. The Bertz CT molecular complexity index is 518. The largest absolute Gasteiger partial charge is 0.320 e. The molecule has 1 aromatic heterocycles. The van der Waals surface area contributed by atoms with E-state index in [2.05, 4.69) is 5.10 Å². The van der Waals surface area contributed by atoms with Gasteiger partial charge in [0.05, 0.1) is 23.8 Å². The maximum Gasteiger partial charge on any atom is 0.148 e. The first-order valence-corrected chi connectivity index (χ1v) is 5.29. The van der Waals surface area contributed by atoms with Crippen LogP contribution in [0.1, 0.15) is 19.9 Å². The molecular weight excluding hydrogens is 202 g/mol. The van der Waals surface area contributed by atoms with E-state index in [1.165, 1.54) is 6.92 Å². The highest BCUT2D eigenvalue weighted by molar-refractivity contribution is 5.83. The highest BCUT2D eigenvalue weighted by atomic mass is 16.1. The van der Waals surface area contributed by atoms with Gasteiger partial charge in [0, 0.05) is 5.39 Å². The van der Waals surface area contributed by atoms with E-state index < -0.39 is 6.04 Å². The number of hydrogen-bond acceptors (Lipinski definition) is 3. The fraction of sp³-hybridized carbons (Fsp3) is 0.333. The van der Waals surface area contributed by atoms with Gasteiger partial charge in [-0.3, -0.25) is 9.48 Å². The van der Waals surface area contributed by atoms with Gasteiger partial charge in [0.2, 0.25) is 0 Å².